The molecule has 2 atom stereocenters. The quantitative estimate of drug-likeness (QED) is 0.315. The number of nitrogens with one attached hydrogen (secondary N) is 1. The van der Waals surface area contributed by atoms with E-state index in [1.165, 1.54) is 12.1 Å². The van der Waals surface area contributed by atoms with E-state index in [4.69, 9.17) is 0 Å². The molecule has 0 aliphatic heterocycles. The van der Waals surface area contributed by atoms with Crippen LogP contribution >= 0.6 is 15.9 Å². The van der Waals surface area contributed by atoms with Gasteiger partial charge in [0.05, 0.1) is 35.3 Å². The first-order chi connectivity index (χ1) is 17.2. The Labute approximate surface area is 215 Å². The zero-order valence-electron chi connectivity index (χ0n) is 19.6. The summed E-state index contributed by atoms with van der Waals surface area (Å²) in [5.41, 5.74) is 0.985. The smallest absolute Gasteiger partial charge is 0.358 e. The minimum atomic E-state index is -0.460. The van der Waals surface area contributed by atoms with Gasteiger partial charge in [0.25, 0.3) is 0 Å². The molecular weight excluding hydrogens is 531 g/mol. The highest BCUT2D eigenvalue weighted by Crippen LogP contribution is 2.65. The minimum Gasteiger partial charge on any atom is -0.358 e. The third kappa shape index (κ3) is 4.23. The van der Waals surface area contributed by atoms with Gasteiger partial charge in [-0.3, -0.25) is 9.48 Å². The largest absolute Gasteiger partial charge is 0.404 e. The first kappa shape index (κ1) is 23.3. The number of hydrogen-bond donors (Lipinski definition) is 1. The summed E-state index contributed by atoms with van der Waals surface area (Å²) in [6.45, 7) is 0.412. The van der Waals surface area contributed by atoms with E-state index in [-0.39, 0.29) is 28.5 Å². The van der Waals surface area contributed by atoms with Crippen molar-refractivity contribution in [1.82, 2.24) is 19.6 Å². The monoisotopic (exact) mass is 556 g/mol. The van der Waals surface area contributed by atoms with Crippen molar-refractivity contribution in [3.05, 3.63) is 68.8 Å². The number of amides is 1. The SMILES string of the molecule is O=C(CC12CC3CC(C1)CC(n1cc(Br)c([N+](=O)[O-])n1)(C3)C2)Nc1cnn(Cc2cccc(F)c2)c1. The lowest BCUT2D eigenvalue weighted by Gasteiger charge is -2.61. The lowest BCUT2D eigenvalue weighted by Crippen LogP contribution is -2.57. The Morgan fingerprint density at radius 1 is 1.25 bits per heavy atom. The fourth-order valence-corrected chi connectivity index (χ4v) is 7.89. The van der Waals surface area contributed by atoms with Gasteiger partial charge in [0, 0.05) is 12.6 Å². The van der Waals surface area contributed by atoms with E-state index in [0.29, 0.717) is 35.0 Å². The molecule has 2 unspecified atom stereocenters. The first-order valence-corrected chi connectivity index (χ1v) is 13.0. The van der Waals surface area contributed by atoms with Crippen LogP contribution in [0.1, 0.15) is 50.5 Å². The number of rotatable bonds is 7. The number of halogens is 2. The van der Waals surface area contributed by atoms with Crippen LogP contribution in [0.5, 0.6) is 0 Å². The van der Waals surface area contributed by atoms with E-state index in [9.17, 15) is 19.3 Å². The normalized spacial score (nSPS) is 28.4. The predicted octanol–water partition coefficient (Wildman–Crippen LogP) is 5.26. The van der Waals surface area contributed by atoms with Crippen LogP contribution in [0.25, 0.3) is 0 Å². The van der Waals surface area contributed by atoms with Crippen LogP contribution in [0.15, 0.2) is 47.3 Å². The maximum Gasteiger partial charge on any atom is 0.404 e. The third-order valence-corrected chi connectivity index (χ3v) is 8.71. The highest BCUT2D eigenvalue weighted by Gasteiger charge is 2.60. The van der Waals surface area contributed by atoms with Gasteiger partial charge < -0.3 is 15.4 Å². The van der Waals surface area contributed by atoms with Crippen LogP contribution in [0, 0.1) is 33.2 Å². The number of hydrogen-bond acceptors (Lipinski definition) is 5. The highest BCUT2D eigenvalue weighted by molar-refractivity contribution is 9.10. The van der Waals surface area contributed by atoms with E-state index in [2.05, 4.69) is 31.4 Å². The summed E-state index contributed by atoms with van der Waals surface area (Å²) in [5.74, 6) is 0.488. The molecule has 11 heteroatoms. The predicted molar refractivity (Wildman–Crippen MR) is 133 cm³/mol. The molecule has 4 aliphatic rings. The lowest BCUT2D eigenvalue weighted by atomic mass is 9.46. The van der Waals surface area contributed by atoms with Gasteiger partial charge in [-0.05, 0) is 94.3 Å². The summed E-state index contributed by atoms with van der Waals surface area (Å²) in [4.78, 5) is 24.1. The Balaban J connectivity index is 1.17. The van der Waals surface area contributed by atoms with E-state index >= 15 is 0 Å². The minimum absolute atomic E-state index is 0.0509. The number of nitrogens with zero attached hydrogens (tertiary/aromatic N) is 5. The fourth-order valence-electron chi connectivity index (χ4n) is 7.47. The van der Waals surface area contributed by atoms with Crippen LogP contribution in [0.4, 0.5) is 15.9 Å². The molecule has 2 heterocycles. The molecule has 3 aromatic rings. The second-order valence-corrected chi connectivity index (χ2v) is 11.8. The molecular formula is C25H26BrFN6O3. The molecule has 2 aromatic heterocycles. The van der Waals surface area contributed by atoms with Gasteiger partial charge in [-0.1, -0.05) is 12.1 Å². The first-order valence-electron chi connectivity index (χ1n) is 12.2. The summed E-state index contributed by atoms with van der Waals surface area (Å²) in [6.07, 6.45) is 11.4. The van der Waals surface area contributed by atoms with Crippen LogP contribution in [0.2, 0.25) is 0 Å². The topological polar surface area (TPSA) is 108 Å². The molecule has 1 amide bonds. The zero-order chi connectivity index (χ0) is 25.1. The van der Waals surface area contributed by atoms with E-state index in [1.807, 2.05) is 10.7 Å². The molecule has 0 radical (unpaired) electrons. The van der Waals surface area contributed by atoms with Crippen molar-refractivity contribution < 1.29 is 14.1 Å². The van der Waals surface area contributed by atoms with Crippen molar-refractivity contribution in [3.8, 4) is 0 Å². The molecule has 4 saturated carbocycles. The van der Waals surface area contributed by atoms with Crippen molar-refractivity contribution in [2.75, 3.05) is 5.32 Å². The standard InChI is InChI=1S/C25H26BrFN6O3/c26-21-14-32(30-23(21)33(35)36)25-8-17-4-18(9-25)7-24(6-17,15-25)10-22(34)29-20-11-28-31(13-20)12-16-2-1-3-19(27)5-16/h1-3,5,11,13-14,17-18H,4,6-10,12,15H2,(H,29,34). The molecule has 7 rings (SSSR count). The van der Waals surface area contributed by atoms with Gasteiger partial charge in [0.1, 0.15) is 10.3 Å². The van der Waals surface area contributed by atoms with Crippen molar-refractivity contribution >= 4 is 33.3 Å². The van der Waals surface area contributed by atoms with Gasteiger partial charge in [-0.25, -0.2) is 4.39 Å². The van der Waals surface area contributed by atoms with E-state index in [0.717, 1.165) is 44.1 Å². The molecule has 0 spiro atoms. The maximum absolute atomic E-state index is 13.5. The second kappa shape index (κ2) is 8.50. The number of carbonyl (C=O) groups is 1. The van der Waals surface area contributed by atoms with Gasteiger partial charge in [-0.15, -0.1) is 0 Å². The van der Waals surface area contributed by atoms with Gasteiger partial charge >= 0.3 is 5.82 Å². The Bertz CT molecular complexity index is 1340. The van der Waals surface area contributed by atoms with Gasteiger partial charge in [-0.2, -0.15) is 9.78 Å². The number of benzene rings is 1. The third-order valence-electron chi connectivity index (χ3n) is 8.15. The summed E-state index contributed by atoms with van der Waals surface area (Å²) in [6, 6.07) is 6.36. The average molecular weight is 557 g/mol. The Morgan fingerprint density at radius 3 is 2.72 bits per heavy atom. The highest BCUT2D eigenvalue weighted by atomic mass is 79.9. The molecule has 1 aromatic carbocycles. The van der Waals surface area contributed by atoms with E-state index < -0.39 is 4.92 Å². The number of nitro groups is 1. The van der Waals surface area contributed by atoms with E-state index in [1.54, 1.807) is 29.3 Å². The van der Waals surface area contributed by atoms with Crippen molar-refractivity contribution in [1.29, 1.82) is 0 Å². The summed E-state index contributed by atoms with van der Waals surface area (Å²) in [5, 5.41) is 23.0. The van der Waals surface area contributed by atoms with Crippen LogP contribution in [-0.4, -0.2) is 30.4 Å². The van der Waals surface area contributed by atoms with Crippen LogP contribution in [0.3, 0.4) is 0 Å². The van der Waals surface area contributed by atoms with Crippen LogP contribution in [-0.2, 0) is 16.9 Å². The molecule has 4 fully saturated rings. The molecule has 1 N–H and O–H groups in total. The zero-order valence-corrected chi connectivity index (χ0v) is 21.2. The number of carbonyl (C=O) groups excluding carboxylic acids is 1. The van der Waals surface area contributed by atoms with Crippen molar-refractivity contribution in [3.63, 3.8) is 0 Å². The molecule has 9 nitrogen and oxygen atoms in total. The van der Waals surface area contributed by atoms with Crippen molar-refractivity contribution in [2.24, 2.45) is 17.3 Å². The second-order valence-electron chi connectivity index (χ2n) is 11.0. The van der Waals surface area contributed by atoms with Gasteiger partial charge in [0.15, 0.2) is 0 Å². The summed E-state index contributed by atoms with van der Waals surface area (Å²) < 4.78 is 17.4. The van der Waals surface area contributed by atoms with Crippen LogP contribution < -0.4 is 5.32 Å². The Kier molecular flexibility index (Phi) is 5.51. The number of anilines is 1. The Morgan fingerprint density at radius 2 is 2.03 bits per heavy atom. The molecule has 36 heavy (non-hydrogen) atoms. The molecule has 0 saturated heterocycles. The average Bonchev–Trinajstić information content (AvgIpc) is 3.39. The van der Waals surface area contributed by atoms with Gasteiger partial charge in [0.2, 0.25) is 5.91 Å². The molecule has 188 valence electrons. The number of aromatic nitrogens is 4. The maximum atomic E-state index is 13.5. The summed E-state index contributed by atoms with van der Waals surface area (Å²) in [7, 11) is 0. The fraction of sp³-hybridized carbons (Fsp3) is 0.480. The molecule has 4 aliphatic carbocycles. The summed E-state index contributed by atoms with van der Waals surface area (Å²) >= 11 is 3.30. The Hall–Kier alpha value is -3.08. The van der Waals surface area contributed by atoms with Crippen molar-refractivity contribution in [2.45, 2.75) is 57.0 Å². The molecule has 4 bridgehead atoms. The lowest BCUT2D eigenvalue weighted by molar-refractivity contribution is -0.390.